The van der Waals surface area contributed by atoms with Crippen molar-refractivity contribution in [3.63, 3.8) is 0 Å². The standard InChI is InChI=1S/C16H28N2O/c1-5-18-12-11-17-14(18)16(19)9-6-7-13(8-10-16)15(2,3)4/h11-13,19H,5-10H2,1-4H3. The Morgan fingerprint density at radius 1 is 1.37 bits per heavy atom. The minimum atomic E-state index is -0.723. The summed E-state index contributed by atoms with van der Waals surface area (Å²) in [4.78, 5) is 4.42. The minimum absolute atomic E-state index is 0.339. The van der Waals surface area contributed by atoms with E-state index in [1.807, 2.05) is 12.4 Å². The van der Waals surface area contributed by atoms with Crippen LogP contribution in [0.3, 0.4) is 0 Å². The number of hydrogen-bond acceptors (Lipinski definition) is 2. The van der Waals surface area contributed by atoms with Gasteiger partial charge in [0.05, 0.1) is 0 Å². The van der Waals surface area contributed by atoms with Crippen LogP contribution >= 0.6 is 0 Å². The van der Waals surface area contributed by atoms with E-state index in [4.69, 9.17) is 0 Å². The van der Waals surface area contributed by atoms with Crippen LogP contribution in [-0.4, -0.2) is 14.7 Å². The van der Waals surface area contributed by atoms with Crippen molar-refractivity contribution in [1.82, 2.24) is 9.55 Å². The molecule has 0 radical (unpaired) electrons. The molecular weight excluding hydrogens is 236 g/mol. The van der Waals surface area contributed by atoms with E-state index in [0.717, 1.165) is 38.1 Å². The van der Waals surface area contributed by atoms with Gasteiger partial charge in [0.2, 0.25) is 0 Å². The Hall–Kier alpha value is -0.830. The van der Waals surface area contributed by atoms with E-state index in [-0.39, 0.29) is 0 Å². The summed E-state index contributed by atoms with van der Waals surface area (Å²) in [6.45, 7) is 9.92. The van der Waals surface area contributed by atoms with Crippen LogP contribution in [0, 0.1) is 11.3 Å². The van der Waals surface area contributed by atoms with Gasteiger partial charge in [-0.2, -0.15) is 0 Å². The third-order valence-electron chi connectivity index (χ3n) is 4.75. The maximum atomic E-state index is 11.0. The lowest BCUT2D eigenvalue weighted by Gasteiger charge is -2.31. The second kappa shape index (κ2) is 5.28. The molecule has 108 valence electrons. The quantitative estimate of drug-likeness (QED) is 0.827. The van der Waals surface area contributed by atoms with Crippen molar-refractivity contribution >= 4 is 0 Å². The van der Waals surface area contributed by atoms with Gasteiger partial charge in [-0.3, -0.25) is 0 Å². The van der Waals surface area contributed by atoms with Gasteiger partial charge in [0.1, 0.15) is 11.4 Å². The SMILES string of the molecule is CCn1ccnc1C1(O)CCCC(C(C)(C)C)CC1. The summed E-state index contributed by atoms with van der Waals surface area (Å²) in [5.74, 6) is 1.57. The lowest BCUT2D eigenvalue weighted by molar-refractivity contribution is 0.00611. The highest BCUT2D eigenvalue weighted by atomic mass is 16.3. The molecule has 1 aromatic rings. The van der Waals surface area contributed by atoms with Crippen LogP contribution in [0.15, 0.2) is 12.4 Å². The van der Waals surface area contributed by atoms with E-state index in [9.17, 15) is 5.11 Å². The van der Waals surface area contributed by atoms with Gasteiger partial charge in [0.15, 0.2) is 0 Å². The summed E-state index contributed by atoms with van der Waals surface area (Å²) >= 11 is 0. The third-order valence-corrected chi connectivity index (χ3v) is 4.75. The first-order valence-corrected chi connectivity index (χ1v) is 7.61. The monoisotopic (exact) mass is 264 g/mol. The first-order chi connectivity index (χ1) is 8.87. The molecule has 1 aromatic heterocycles. The van der Waals surface area contributed by atoms with Crippen molar-refractivity contribution in [3.05, 3.63) is 18.2 Å². The number of rotatable bonds is 2. The van der Waals surface area contributed by atoms with Crippen LogP contribution < -0.4 is 0 Å². The molecular formula is C16H28N2O. The summed E-state index contributed by atoms with van der Waals surface area (Å²) < 4.78 is 2.08. The molecule has 3 nitrogen and oxygen atoms in total. The van der Waals surface area contributed by atoms with Crippen molar-refractivity contribution in [1.29, 1.82) is 0 Å². The van der Waals surface area contributed by atoms with E-state index in [0.29, 0.717) is 11.3 Å². The van der Waals surface area contributed by atoms with E-state index in [1.54, 1.807) is 0 Å². The second-order valence-corrected chi connectivity index (χ2v) is 7.06. The van der Waals surface area contributed by atoms with E-state index >= 15 is 0 Å². The summed E-state index contributed by atoms with van der Waals surface area (Å²) in [5, 5.41) is 11.0. The first kappa shape index (κ1) is 14.6. The fourth-order valence-electron chi connectivity index (χ4n) is 3.38. The van der Waals surface area contributed by atoms with Crippen molar-refractivity contribution in [2.45, 2.75) is 71.9 Å². The maximum absolute atomic E-state index is 11.0. The van der Waals surface area contributed by atoms with Gasteiger partial charge in [-0.15, -0.1) is 0 Å². The average molecular weight is 264 g/mol. The average Bonchev–Trinajstić information content (AvgIpc) is 2.72. The fourth-order valence-corrected chi connectivity index (χ4v) is 3.38. The molecule has 0 amide bonds. The zero-order valence-electron chi connectivity index (χ0n) is 12.8. The number of imidazole rings is 1. The summed E-state index contributed by atoms with van der Waals surface area (Å²) in [6, 6.07) is 0. The van der Waals surface area contributed by atoms with Crippen molar-refractivity contribution in [3.8, 4) is 0 Å². The Balaban J connectivity index is 2.18. The molecule has 0 aliphatic heterocycles. The van der Waals surface area contributed by atoms with Gasteiger partial charge in [0.25, 0.3) is 0 Å². The zero-order valence-corrected chi connectivity index (χ0v) is 12.8. The molecule has 0 aromatic carbocycles. The Kier molecular flexibility index (Phi) is 4.05. The first-order valence-electron chi connectivity index (χ1n) is 7.61. The smallest absolute Gasteiger partial charge is 0.140 e. The number of aryl methyl sites for hydroxylation is 1. The van der Waals surface area contributed by atoms with Crippen LogP contribution in [0.25, 0.3) is 0 Å². The summed E-state index contributed by atoms with van der Waals surface area (Å²) in [6.07, 6.45) is 8.87. The van der Waals surface area contributed by atoms with Crippen molar-refractivity contribution in [2.24, 2.45) is 11.3 Å². The van der Waals surface area contributed by atoms with Gasteiger partial charge < -0.3 is 9.67 Å². The molecule has 1 aliphatic rings. The second-order valence-electron chi connectivity index (χ2n) is 7.06. The van der Waals surface area contributed by atoms with Crippen LogP contribution in [-0.2, 0) is 12.1 Å². The molecule has 1 heterocycles. The summed E-state index contributed by atoms with van der Waals surface area (Å²) in [5.41, 5.74) is -0.384. The molecule has 0 spiro atoms. The lowest BCUT2D eigenvalue weighted by atomic mass is 9.76. The lowest BCUT2D eigenvalue weighted by Crippen LogP contribution is -2.29. The highest BCUT2D eigenvalue weighted by molar-refractivity contribution is 5.06. The Bertz CT molecular complexity index is 419. The van der Waals surface area contributed by atoms with Gasteiger partial charge in [0, 0.05) is 18.9 Å². The van der Waals surface area contributed by atoms with Gasteiger partial charge in [-0.05, 0) is 50.4 Å². The third kappa shape index (κ3) is 3.02. The topological polar surface area (TPSA) is 38.0 Å². The molecule has 2 rings (SSSR count). The number of hydrogen-bond donors (Lipinski definition) is 1. The Morgan fingerprint density at radius 3 is 2.74 bits per heavy atom. The molecule has 1 N–H and O–H groups in total. The van der Waals surface area contributed by atoms with E-state index < -0.39 is 5.60 Å². The van der Waals surface area contributed by atoms with Gasteiger partial charge in [-0.25, -0.2) is 4.98 Å². The van der Waals surface area contributed by atoms with Gasteiger partial charge in [-0.1, -0.05) is 20.8 Å². The molecule has 2 unspecified atom stereocenters. The molecule has 3 heteroatoms. The Morgan fingerprint density at radius 2 is 2.11 bits per heavy atom. The van der Waals surface area contributed by atoms with Crippen molar-refractivity contribution in [2.75, 3.05) is 0 Å². The number of nitrogens with zero attached hydrogens (tertiary/aromatic N) is 2. The minimum Gasteiger partial charge on any atom is -0.382 e. The van der Waals surface area contributed by atoms with Crippen molar-refractivity contribution < 1.29 is 5.11 Å². The highest BCUT2D eigenvalue weighted by Crippen LogP contribution is 2.42. The molecule has 1 aliphatic carbocycles. The highest BCUT2D eigenvalue weighted by Gasteiger charge is 2.38. The predicted molar refractivity (Wildman–Crippen MR) is 77.8 cm³/mol. The Labute approximate surface area is 117 Å². The number of aromatic nitrogens is 2. The van der Waals surface area contributed by atoms with Crippen LogP contribution in [0.4, 0.5) is 0 Å². The molecule has 2 atom stereocenters. The zero-order chi connectivity index (χ0) is 14.1. The molecule has 1 saturated carbocycles. The van der Waals surface area contributed by atoms with Crippen LogP contribution in [0.5, 0.6) is 0 Å². The normalized spacial score (nSPS) is 29.2. The maximum Gasteiger partial charge on any atom is 0.140 e. The molecule has 1 fully saturated rings. The van der Waals surface area contributed by atoms with Crippen LogP contribution in [0.1, 0.15) is 65.6 Å². The van der Waals surface area contributed by atoms with Gasteiger partial charge >= 0.3 is 0 Å². The van der Waals surface area contributed by atoms with E-state index in [1.165, 1.54) is 6.42 Å². The largest absolute Gasteiger partial charge is 0.382 e. The molecule has 0 saturated heterocycles. The molecule has 0 bridgehead atoms. The summed E-state index contributed by atoms with van der Waals surface area (Å²) in [7, 11) is 0. The predicted octanol–water partition coefficient (Wildman–Crippen LogP) is 3.72. The van der Waals surface area contributed by atoms with E-state index in [2.05, 4.69) is 37.2 Å². The fraction of sp³-hybridized carbons (Fsp3) is 0.812. The molecule has 19 heavy (non-hydrogen) atoms. The number of aliphatic hydroxyl groups is 1. The van der Waals surface area contributed by atoms with Crippen LogP contribution in [0.2, 0.25) is 0 Å².